The maximum atomic E-state index is 13.6. The normalized spacial score (nSPS) is 15.5. The van der Waals surface area contributed by atoms with Crippen LogP contribution in [0, 0.1) is 5.82 Å². The van der Waals surface area contributed by atoms with Gasteiger partial charge in [0.15, 0.2) is 0 Å². The van der Waals surface area contributed by atoms with Gasteiger partial charge in [0.2, 0.25) is 0 Å². The Labute approximate surface area is 139 Å². The molecule has 3 rings (SSSR count). The second kappa shape index (κ2) is 7.66. The van der Waals surface area contributed by atoms with Crippen LogP contribution in [-0.4, -0.2) is 28.9 Å². The van der Waals surface area contributed by atoms with Crippen LogP contribution < -0.4 is 5.32 Å². The number of hydrogen-bond donors (Lipinski definition) is 1. The number of nitrogens with zero attached hydrogens (tertiary/aromatic N) is 2. The van der Waals surface area contributed by atoms with E-state index in [2.05, 4.69) is 15.2 Å². The molecule has 0 atom stereocenters. The molecule has 0 saturated carbocycles. The Morgan fingerprint density at radius 1 is 1.26 bits per heavy atom. The molecule has 0 spiro atoms. The Morgan fingerprint density at radius 3 is 2.83 bits per heavy atom. The first-order valence-electron chi connectivity index (χ1n) is 7.91. The molecule has 23 heavy (non-hydrogen) atoms. The summed E-state index contributed by atoms with van der Waals surface area (Å²) in [6, 6.07) is 5.99. The molecule has 1 saturated heterocycles. The largest absolute Gasteiger partial charge is 0.345 e. The average Bonchev–Trinajstić information content (AvgIpc) is 3.01. The lowest BCUT2D eigenvalue weighted by Crippen LogP contribution is -2.29. The Kier molecular flexibility index (Phi) is 5.35. The molecule has 1 aromatic heterocycles. The van der Waals surface area contributed by atoms with Gasteiger partial charge < -0.3 is 5.32 Å². The number of piperidine rings is 1. The Bertz CT molecular complexity index is 667. The molecule has 1 N–H and O–H groups in total. The summed E-state index contributed by atoms with van der Waals surface area (Å²) in [5.74, 6) is -0.911. The van der Waals surface area contributed by atoms with Gasteiger partial charge in [-0.15, -0.1) is 11.3 Å². The third-order valence-corrected chi connectivity index (χ3v) is 4.85. The van der Waals surface area contributed by atoms with Gasteiger partial charge in [0.05, 0.1) is 17.8 Å². The predicted molar refractivity (Wildman–Crippen MR) is 88.8 cm³/mol. The van der Waals surface area contributed by atoms with E-state index < -0.39 is 11.7 Å². The Balaban J connectivity index is 1.53. The van der Waals surface area contributed by atoms with Crippen molar-refractivity contribution in [3.8, 4) is 0 Å². The van der Waals surface area contributed by atoms with E-state index in [0.717, 1.165) is 30.3 Å². The molecule has 0 bridgehead atoms. The van der Waals surface area contributed by atoms with Crippen molar-refractivity contribution in [3.05, 3.63) is 51.7 Å². The standard InChI is InChI=1S/C17H20FN3OS/c18-15-7-3-2-6-14(15)17(22)19-10-16-20-13(12-23-16)11-21-8-4-1-5-9-21/h2-3,6-7,12H,1,4-5,8-11H2,(H,19,22). The number of amides is 1. The first-order chi connectivity index (χ1) is 11.2. The number of aromatic nitrogens is 1. The highest BCUT2D eigenvalue weighted by Gasteiger charge is 2.14. The fraction of sp³-hybridized carbons (Fsp3) is 0.412. The summed E-state index contributed by atoms with van der Waals surface area (Å²) in [5, 5.41) is 5.62. The molecule has 6 heteroatoms. The molecule has 1 aromatic carbocycles. The van der Waals surface area contributed by atoms with Crippen molar-refractivity contribution in [1.82, 2.24) is 15.2 Å². The summed E-state index contributed by atoms with van der Waals surface area (Å²) in [4.78, 5) is 19.0. The van der Waals surface area contributed by atoms with Crippen LogP contribution in [0.2, 0.25) is 0 Å². The Morgan fingerprint density at radius 2 is 2.04 bits per heavy atom. The zero-order chi connectivity index (χ0) is 16.1. The van der Waals surface area contributed by atoms with Crippen molar-refractivity contribution in [2.75, 3.05) is 13.1 Å². The number of nitrogens with one attached hydrogen (secondary N) is 1. The number of thiazole rings is 1. The van der Waals surface area contributed by atoms with Crippen LogP contribution in [0.25, 0.3) is 0 Å². The first-order valence-corrected chi connectivity index (χ1v) is 8.79. The predicted octanol–water partition coefficient (Wildman–Crippen LogP) is 3.20. The molecule has 0 aliphatic carbocycles. The van der Waals surface area contributed by atoms with Crippen LogP contribution in [0.3, 0.4) is 0 Å². The fourth-order valence-corrected chi connectivity index (χ4v) is 3.47. The van der Waals surface area contributed by atoms with E-state index in [-0.39, 0.29) is 5.56 Å². The van der Waals surface area contributed by atoms with Crippen molar-refractivity contribution in [1.29, 1.82) is 0 Å². The fourth-order valence-electron chi connectivity index (χ4n) is 2.75. The summed E-state index contributed by atoms with van der Waals surface area (Å²) in [5.41, 5.74) is 1.12. The topological polar surface area (TPSA) is 45.2 Å². The van der Waals surface area contributed by atoms with Crippen LogP contribution in [0.4, 0.5) is 4.39 Å². The van der Waals surface area contributed by atoms with Gasteiger partial charge in [0.1, 0.15) is 10.8 Å². The first kappa shape index (κ1) is 16.1. The molecule has 122 valence electrons. The number of likely N-dealkylation sites (tertiary alicyclic amines) is 1. The SMILES string of the molecule is O=C(NCc1nc(CN2CCCCC2)cs1)c1ccccc1F. The van der Waals surface area contributed by atoms with Crippen molar-refractivity contribution in [3.63, 3.8) is 0 Å². The lowest BCUT2D eigenvalue weighted by atomic mass is 10.1. The summed E-state index contributed by atoms with van der Waals surface area (Å²) < 4.78 is 13.6. The molecule has 1 fully saturated rings. The number of carbonyl (C=O) groups excluding carboxylic acids is 1. The number of carbonyl (C=O) groups is 1. The molecule has 0 unspecified atom stereocenters. The van der Waals surface area contributed by atoms with Gasteiger partial charge in [-0.05, 0) is 38.1 Å². The van der Waals surface area contributed by atoms with E-state index in [4.69, 9.17) is 0 Å². The smallest absolute Gasteiger partial charge is 0.254 e. The zero-order valence-corrected chi connectivity index (χ0v) is 13.7. The third-order valence-electron chi connectivity index (χ3n) is 3.95. The lowest BCUT2D eigenvalue weighted by Gasteiger charge is -2.25. The van der Waals surface area contributed by atoms with E-state index in [1.165, 1.54) is 42.7 Å². The Hall–Kier alpha value is -1.79. The minimum Gasteiger partial charge on any atom is -0.345 e. The minimum absolute atomic E-state index is 0.0672. The molecule has 1 amide bonds. The molecule has 2 aromatic rings. The molecule has 4 nitrogen and oxygen atoms in total. The molecule has 1 aliphatic heterocycles. The van der Waals surface area contributed by atoms with E-state index in [1.807, 2.05) is 5.38 Å². The van der Waals surface area contributed by atoms with Crippen LogP contribution in [0.15, 0.2) is 29.6 Å². The van der Waals surface area contributed by atoms with Crippen LogP contribution >= 0.6 is 11.3 Å². The maximum absolute atomic E-state index is 13.6. The van der Waals surface area contributed by atoms with Gasteiger partial charge in [0.25, 0.3) is 5.91 Å². The molecule has 0 radical (unpaired) electrons. The van der Waals surface area contributed by atoms with Crippen molar-refractivity contribution < 1.29 is 9.18 Å². The van der Waals surface area contributed by atoms with Crippen molar-refractivity contribution in [2.24, 2.45) is 0 Å². The maximum Gasteiger partial charge on any atom is 0.254 e. The average molecular weight is 333 g/mol. The van der Waals surface area contributed by atoms with Gasteiger partial charge in [-0.2, -0.15) is 0 Å². The van der Waals surface area contributed by atoms with Gasteiger partial charge in [-0.1, -0.05) is 18.6 Å². The molecule has 2 heterocycles. The quantitative estimate of drug-likeness (QED) is 0.914. The summed E-state index contributed by atoms with van der Waals surface area (Å²) in [7, 11) is 0. The molecular formula is C17H20FN3OS. The highest BCUT2D eigenvalue weighted by molar-refractivity contribution is 7.09. The van der Waals surface area contributed by atoms with Crippen LogP contribution in [-0.2, 0) is 13.1 Å². The van der Waals surface area contributed by atoms with E-state index >= 15 is 0 Å². The third kappa shape index (κ3) is 4.36. The van der Waals surface area contributed by atoms with Gasteiger partial charge >= 0.3 is 0 Å². The molecular weight excluding hydrogens is 313 g/mol. The zero-order valence-electron chi connectivity index (χ0n) is 12.9. The molecule has 1 aliphatic rings. The number of halogens is 1. The minimum atomic E-state index is -0.505. The lowest BCUT2D eigenvalue weighted by molar-refractivity contribution is 0.0947. The van der Waals surface area contributed by atoms with E-state index in [9.17, 15) is 9.18 Å². The monoisotopic (exact) mass is 333 g/mol. The number of benzene rings is 1. The van der Waals surface area contributed by atoms with Gasteiger partial charge in [-0.3, -0.25) is 9.69 Å². The second-order valence-electron chi connectivity index (χ2n) is 5.73. The number of hydrogen-bond acceptors (Lipinski definition) is 4. The highest BCUT2D eigenvalue weighted by Crippen LogP contribution is 2.16. The summed E-state index contributed by atoms with van der Waals surface area (Å²) in [6.45, 7) is 3.48. The summed E-state index contributed by atoms with van der Waals surface area (Å²) in [6.07, 6.45) is 3.84. The summed E-state index contributed by atoms with van der Waals surface area (Å²) >= 11 is 1.53. The van der Waals surface area contributed by atoms with E-state index in [1.54, 1.807) is 12.1 Å². The highest BCUT2D eigenvalue weighted by atomic mass is 32.1. The second-order valence-corrected chi connectivity index (χ2v) is 6.67. The number of rotatable bonds is 5. The van der Waals surface area contributed by atoms with Gasteiger partial charge in [-0.25, -0.2) is 9.37 Å². The van der Waals surface area contributed by atoms with Crippen LogP contribution in [0.5, 0.6) is 0 Å². The van der Waals surface area contributed by atoms with Crippen molar-refractivity contribution >= 4 is 17.2 Å². The van der Waals surface area contributed by atoms with E-state index in [0.29, 0.717) is 6.54 Å². The van der Waals surface area contributed by atoms with Crippen LogP contribution in [0.1, 0.15) is 40.3 Å². The van der Waals surface area contributed by atoms with Gasteiger partial charge in [0, 0.05) is 11.9 Å². The van der Waals surface area contributed by atoms with Crippen molar-refractivity contribution in [2.45, 2.75) is 32.4 Å².